The number of nitrogens with zero attached hydrogens (tertiary/aromatic N) is 1. The zero-order chi connectivity index (χ0) is 23.2. The summed E-state index contributed by atoms with van der Waals surface area (Å²) in [5.74, 6) is -0.992. The Morgan fingerprint density at radius 2 is 1.55 bits per heavy atom. The van der Waals surface area contributed by atoms with Crippen molar-refractivity contribution in [1.29, 1.82) is 0 Å². The summed E-state index contributed by atoms with van der Waals surface area (Å²) < 4.78 is 37.7. The molecular formula is C23H29NO6S. The monoisotopic (exact) mass is 447 g/mol. The summed E-state index contributed by atoms with van der Waals surface area (Å²) in [6.45, 7) is 7.52. The number of carbonyl (C=O) groups excluding carboxylic acids is 2. The van der Waals surface area contributed by atoms with E-state index in [1.165, 1.54) is 36.5 Å². The van der Waals surface area contributed by atoms with Crippen LogP contribution in [0, 0.1) is 0 Å². The predicted octanol–water partition coefficient (Wildman–Crippen LogP) is 3.72. The minimum atomic E-state index is -3.86. The summed E-state index contributed by atoms with van der Waals surface area (Å²) in [6.07, 6.45) is -0.167. The van der Waals surface area contributed by atoms with E-state index in [1.807, 2.05) is 19.1 Å². The van der Waals surface area contributed by atoms with Crippen LogP contribution in [0.2, 0.25) is 0 Å². The van der Waals surface area contributed by atoms with Crippen LogP contribution in [0.4, 0.5) is 0 Å². The minimum Gasteiger partial charge on any atom is -0.495 e. The van der Waals surface area contributed by atoms with E-state index in [2.05, 4.69) is 0 Å². The van der Waals surface area contributed by atoms with E-state index in [-0.39, 0.29) is 35.1 Å². The number of hydrogen-bond acceptors (Lipinski definition) is 6. The van der Waals surface area contributed by atoms with Crippen LogP contribution in [-0.4, -0.2) is 50.8 Å². The van der Waals surface area contributed by atoms with E-state index in [4.69, 9.17) is 9.47 Å². The molecule has 1 atom stereocenters. The highest BCUT2D eigenvalue weighted by Crippen LogP contribution is 2.28. The Bertz CT molecular complexity index is 1030. The molecule has 0 amide bonds. The van der Waals surface area contributed by atoms with Gasteiger partial charge in [0.15, 0.2) is 6.10 Å². The van der Waals surface area contributed by atoms with Gasteiger partial charge in [-0.1, -0.05) is 45.0 Å². The molecule has 0 aliphatic rings. The molecule has 0 aliphatic carbocycles. The summed E-state index contributed by atoms with van der Waals surface area (Å²) in [4.78, 5) is 25.1. The number of ketones is 1. The van der Waals surface area contributed by atoms with Crippen molar-refractivity contribution in [2.45, 2.75) is 45.1 Å². The highest BCUT2D eigenvalue weighted by atomic mass is 32.2. The molecule has 0 radical (unpaired) electrons. The largest absolute Gasteiger partial charge is 0.495 e. The van der Waals surface area contributed by atoms with Gasteiger partial charge in [0, 0.05) is 18.7 Å². The van der Waals surface area contributed by atoms with E-state index < -0.39 is 22.1 Å². The third-order valence-corrected chi connectivity index (χ3v) is 7.09. The molecule has 31 heavy (non-hydrogen) atoms. The van der Waals surface area contributed by atoms with E-state index >= 15 is 0 Å². The van der Waals surface area contributed by atoms with Crippen LogP contribution < -0.4 is 4.74 Å². The number of esters is 1. The third kappa shape index (κ3) is 5.51. The maximum absolute atomic E-state index is 13.0. The van der Waals surface area contributed by atoms with E-state index in [9.17, 15) is 18.0 Å². The second-order valence-electron chi connectivity index (χ2n) is 6.92. The van der Waals surface area contributed by atoms with E-state index in [0.29, 0.717) is 5.56 Å². The van der Waals surface area contributed by atoms with Crippen molar-refractivity contribution in [1.82, 2.24) is 4.31 Å². The van der Waals surface area contributed by atoms with Gasteiger partial charge in [-0.2, -0.15) is 4.31 Å². The van der Waals surface area contributed by atoms with Crippen LogP contribution in [0.25, 0.3) is 0 Å². The Labute approximate surface area is 184 Å². The molecule has 0 bridgehead atoms. The number of benzene rings is 2. The summed E-state index contributed by atoms with van der Waals surface area (Å²) in [6, 6.07) is 11.2. The number of Topliss-reactive ketones (excluding diaryl/α,β-unsaturated/α-hetero) is 1. The van der Waals surface area contributed by atoms with E-state index in [1.54, 1.807) is 26.0 Å². The second-order valence-corrected chi connectivity index (χ2v) is 8.82. The highest BCUT2D eigenvalue weighted by Gasteiger charge is 2.28. The lowest BCUT2D eigenvalue weighted by atomic mass is 10.0. The minimum absolute atomic E-state index is 0.0208. The van der Waals surface area contributed by atoms with Crippen molar-refractivity contribution in [3.8, 4) is 5.75 Å². The average molecular weight is 448 g/mol. The van der Waals surface area contributed by atoms with Crippen LogP contribution in [0.5, 0.6) is 5.75 Å². The second kappa shape index (κ2) is 10.5. The first-order chi connectivity index (χ1) is 14.7. The van der Waals surface area contributed by atoms with Crippen molar-refractivity contribution < 1.29 is 27.5 Å². The van der Waals surface area contributed by atoms with Gasteiger partial charge in [0.25, 0.3) is 0 Å². The lowest BCUT2D eigenvalue weighted by Crippen LogP contribution is -2.31. The quantitative estimate of drug-likeness (QED) is 0.407. The average Bonchev–Trinajstić information content (AvgIpc) is 2.78. The molecule has 0 aromatic heterocycles. The Morgan fingerprint density at radius 3 is 2.06 bits per heavy atom. The molecule has 0 heterocycles. The standard InChI is InChI=1S/C23H29NO6S/c1-6-17-9-11-18(12-10-17)22(25)16(4)30-23(26)19-13-14-20(29-5)21(15-19)31(27,28)24(7-2)8-3/h9-16H,6-8H2,1-5H3. The van der Waals surface area contributed by atoms with Crippen LogP contribution in [0.3, 0.4) is 0 Å². The van der Waals surface area contributed by atoms with Crippen molar-refractivity contribution in [3.63, 3.8) is 0 Å². The molecule has 0 aliphatic heterocycles. The van der Waals surface area contributed by atoms with Crippen LogP contribution in [0.15, 0.2) is 47.4 Å². The van der Waals surface area contributed by atoms with Crippen LogP contribution in [-0.2, 0) is 21.2 Å². The van der Waals surface area contributed by atoms with Gasteiger partial charge in [-0.3, -0.25) is 4.79 Å². The third-order valence-electron chi connectivity index (χ3n) is 5.02. The maximum atomic E-state index is 13.0. The fourth-order valence-corrected chi connectivity index (χ4v) is 4.77. The van der Waals surface area contributed by atoms with Gasteiger partial charge in [-0.15, -0.1) is 0 Å². The number of methoxy groups -OCH3 is 1. The summed E-state index contributed by atoms with van der Waals surface area (Å²) in [5, 5.41) is 0. The Balaban J connectivity index is 2.27. The molecule has 8 heteroatoms. The Morgan fingerprint density at radius 1 is 0.968 bits per heavy atom. The SMILES string of the molecule is CCc1ccc(C(=O)C(C)OC(=O)c2ccc(OC)c(S(=O)(=O)N(CC)CC)c2)cc1. The molecule has 2 aromatic carbocycles. The van der Waals surface area contributed by atoms with Crippen molar-refractivity contribution in [3.05, 3.63) is 59.2 Å². The maximum Gasteiger partial charge on any atom is 0.338 e. The lowest BCUT2D eigenvalue weighted by molar-refractivity contribution is 0.0318. The van der Waals surface area contributed by atoms with Gasteiger partial charge in [-0.25, -0.2) is 13.2 Å². The predicted molar refractivity (Wildman–Crippen MR) is 118 cm³/mol. The Kier molecular flexibility index (Phi) is 8.36. The fraction of sp³-hybridized carbons (Fsp3) is 0.391. The highest BCUT2D eigenvalue weighted by molar-refractivity contribution is 7.89. The van der Waals surface area contributed by atoms with E-state index in [0.717, 1.165) is 12.0 Å². The molecule has 2 rings (SSSR count). The zero-order valence-corrected chi connectivity index (χ0v) is 19.4. The number of ether oxygens (including phenoxy) is 2. The number of rotatable bonds is 10. The summed E-state index contributed by atoms with van der Waals surface area (Å²) >= 11 is 0. The van der Waals surface area contributed by atoms with Gasteiger partial charge >= 0.3 is 5.97 Å². The molecule has 0 fully saturated rings. The van der Waals surface area contributed by atoms with Gasteiger partial charge in [-0.05, 0) is 37.1 Å². The number of aryl methyl sites for hydroxylation is 1. The smallest absolute Gasteiger partial charge is 0.338 e. The topological polar surface area (TPSA) is 90.0 Å². The summed E-state index contributed by atoms with van der Waals surface area (Å²) in [7, 11) is -2.50. The van der Waals surface area contributed by atoms with Gasteiger partial charge in [0.1, 0.15) is 10.6 Å². The number of hydrogen-bond donors (Lipinski definition) is 0. The van der Waals surface area contributed by atoms with Crippen LogP contribution in [0.1, 0.15) is 54.0 Å². The number of sulfonamides is 1. The molecule has 1 unspecified atom stereocenters. The molecule has 7 nitrogen and oxygen atoms in total. The molecule has 0 saturated heterocycles. The first-order valence-corrected chi connectivity index (χ1v) is 11.7. The lowest BCUT2D eigenvalue weighted by Gasteiger charge is -2.20. The van der Waals surface area contributed by atoms with Gasteiger partial charge in [0.05, 0.1) is 12.7 Å². The molecule has 0 saturated carbocycles. The molecule has 0 N–H and O–H groups in total. The van der Waals surface area contributed by atoms with Gasteiger partial charge < -0.3 is 9.47 Å². The van der Waals surface area contributed by atoms with Crippen molar-refractivity contribution in [2.75, 3.05) is 20.2 Å². The zero-order valence-electron chi connectivity index (χ0n) is 18.5. The first-order valence-electron chi connectivity index (χ1n) is 10.2. The van der Waals surface area contributed by atoms with Crippen molar-refractivity contribution in [2.24, 2.45) is 0 Å². The van der Waals surface area contributed by atoms with Crippen LogP contribution >= 0.6 is 0 Å². The number of carbonyl (C=O) groups is 2. The first kappa shape index (κ1) is 24.6. The molecule has 0 spiro atoms. The molecular weight excluding hydrogens is 418 g/mol. The fourth-order valence-electron chi connectivity index (χ4n) is 3.13. The Hall–Kier alpha value is -2.71. The normalized spacial score (nSPS) is 12.5. The van der Waals surface area contributed by atoms with Gasteiger partial charge in [0.2, 0.25) is 15.8 Å². The molecule has 168 valence electrons. The molecule has 2 aromatic rings. The van der Waals surface area contributed by atoms with Crippen molar-refractivity contribution >= 4 is 21.8 Å². The summed E-state index contributed by atoms with van der Waals surface area (Å²) in [5.41, 5.74) is 1.56.